The molecule has 2 N–H and O–H groups in total. The lowest BCUT2D eigenvalue weighted by molar-refractivity contribution is -0.121. The lowest BCUT2D eigenvalue weighted by Gasteiger charge is -2.09. The number of amides is 1. The molecule has 1 aromatic carbocycles. The van der Waals surface area contributed by atoms with Crippen LogP contribution in [-0.2, 0) is 11.2 Å². The van der Waals surface area contributed by atoms with Gasteiger partial charge in [-0.15, -0.1) is 0 Å². The molecule has 2 rings (SSSR count). The summed E-state index contributed by atoms with van der Waals surface area (Å²) in [5, 5.41) is 3.39. The number of carbonyl (C=O) groups excluding carboxylic acids is 1. The molecule has 25 heavy (non-hydrogen) atoms. The first-order chi connectivity index (χ1) is 12.0. The number of carbonyl (C=O) groups is 1. The maximum Gasteiger partial charge on any atom is 0.254 e. The van der Waals surface area contributed by atoms with Gasteiger partial charge in [-0.25, -0.2) is 4.98 Å². The number of nitrogens with zero attached hydrogens (tertiary/aromatic N) is 1. The molecule has 1 amide bonds. The Morgan fingerprint density at radius 3 is 2.84 bits per heavy atom. The Bertz CT molecular complexity index is 789. The highest BCUT2D eigenvalue weighted by molar-refractivity contribution is 7.98. The fourth-order valence-electron chi connectivity index (χ4n) is 2.37. The lowest BCUT2D eigenvalue weighted by atomic mass is 10.1. The van der Waals surface area contributed by atoms with Gasteiger partial charge in [0.25, 0.3) is 5.56 Å². The van der Waals surface area contributed by atoms with Crippen molar-refractivity contribution < 1.29 is 9.53 Å². The number of rotatable bonds is 8. The Hall–Kier alpha value is -2.28. The third kappa shape index (κ3) is 5.94. The van der Waals surface area contributed by atoms with Gasteiger partial charge in [0.1, 0.15) is 12.4 Å². The zero-order chi connectivity index (χ0) is 18.2. The van der Waals surface area contributed by atoms with E-state index in [0.717, 1.165) is 11.3 Å². The Kier molecular flexibility index (Phi) is 7.06. The maximum absolute atomic E-state index is 12.0. The summed E-state index contributed by atoms with van der Waals surface area (Å²) in [6, 6.07) is 7.76. The molecular formula is C18H23N3O3S. The summed E-state index contributed by atoms with van der Waals surface area (Å²) in [5.41, 5.74) is 2.18. The van der Waals surface area contributed by atoms with Gasteiger partial charge in [0.15, 0.2) is 5.16 Å². The first kappa shape index (κ1) is 19.1. The van der Waals surface area contributed by atoms with Gasteiger partial charge in [-0.1, -0.05) is 23.9 Å². The summed E-state index contributed by atoms with van der Waals surface area (Å²) >= 11 is 1.38. The molecule has 1 heterocycles. The lowest BCUT2D eigenvalue weighted by Crippen LogP contribution is -2.29. The third-order valence-corrected chi connectivity index (χ3v) is 4.26. The minimum Gasteiger partial charge on any atom is -0.492 e. The Balaban J connectivity index is 1.75. The molecule has 0 fully saturated rings. The van der Waals surface area contributed by atoms with Crippen LogP contribution in [0.4, 0.5) is 0 Å². The number of aromatic nitrogens is 2. The molecule has 0 aliphatic carbocycles. The highest BCUT2D eigenvalue weighted by Gasteiger charge is 2.10. The minimum atomic E-state index is -0.174. The van der Waals surface area contributed by atoms with Gasteiger partial charge in [-0.05, 0) is 44.2 Å². The van der Waals surface area contributed by atoms with Crippen LogP contribution in [0.2, 0.25) is 0 Å². The molecule has 1 aromatic heterocycles. The van der Waals surface area contributed by atoms with Gasteiger partial charge in [-0.3, -0.25) is 9.59 Å². The smallest absolute Gasteiger partial charge is 0.254 e. The van der Waals surface area contributed by atoms with Crippen molar-refractivity contribution in [2.75, 3.05) is 19.4 Å². The standard InChI is InChI=1S/C18H23N3O3S/c1-12-5-4-6-14(11-12)24-10-9-19-16(22)8-7-15-13(2)20-18(25-3)21-17(15)23/h4-6,11H,7-10H2,1-3H3,(H,19,22)(H,20,21,23). The summed E-state index contributed by atoms with van der Waals surface area (Å²) < 4.78 is 5.58. The third-order valence-electron chi connectivity index (χ3n) is 3.68. The first-order valence-electron chi connectivity index (χ1n) is 8.09. The van der Waals surface area contributed by atoms with Crippen LogP contribution < -0.4 is 15.6 Å². The summed E-state index contributed by atoms with van der Waals surface area (Å²) in [6.45, 7) is 4.61. The number of nitrogens with one attached hydrogen (secondary N) is 2. The highest BCUT2D eigenvalue weighted by Crippen LogP contribution is 2.12. The van der Waals surface area contributed by atoms with E-state index in [2.05, 4.69) is 15.3 Å². The Labute approximate surface area is 151 Å². The fraction of sp³-hybridized carbons (Fsp3) is 0.389. The van der Waals surface area contributed by atoms with E-state index in [0.29, 0.717) is 36.0 Å². The van der Waals surface area contributed by atoms with Crippen molar-refractivity contribution in [1.29, 1.82) is 0 Å². The molecule has 0 saturated heterocycles. The number of benzene rings is 1. The van der Waals surface area contributed by atoms with Crippen molar-refractivity contribution in [2.45, 2.75) is 31.8 Å². The quantitative estimate of drug-likeness (QED) is 0.428. The Morgan fingerprint density at radius 1 is 1.36 bits per heavy atom. The SMILES string of the molecule is CSc1nc(C)c(CCC(=O)NCCOc2cccc(C)c2)c(=O)[nH]1. The molecule has 134 valence electrons. The predicted octanol–water partition coefficient (Wildman–Crippen LogP) is 2.24. The van der Waals surface area contributed by atoms with E-state index in [1.54, 1.807) is 6.92 Å². The van der Waals surface area contributed by atoms with Crippen LogP contribution in [0, 0.1) is 13.8 Å². The second kappa shape index (κ2) is 9.27. The van der Waals surface area contributed by atoms with E-state index >= 15 is 0 Å². The molecule has 0 radical (unpaired) electrons. The molecule has 0 spiro atoms. The van der Waals surface area contributed by atoms with Crippen molar-refractivity contribution in [3.8, 4) is 5.75 Å². The molecule has 0 bridgehead atoms. The number of aromatic amines is 1. The zero-order valence-electron chi connectivity index (χ0n) is 14.7. The predicted molar refractivity (Wildman–Crippen MR) is 99.4 cm³/mol. The normalized spacial score (nSPS) is 10.5. The molecular weight excluding hydrogens is 338 g/mol. The number of H-pyrrole nitrogens is 1. The van der Waals surface area contributed by atoms with Crippen LogP contribution in [0.25, 0.3) is 0 Å². The van der Waals surface area contributed by atoms with Crippen molar-refractivity contribution in [3.05, 3.63) is 51.4 Å². The van der Waals surface area contributed by atoms with Gasteiger partial charge in [0.05, 0.1) is 6.54 Å². The number of aryl methyl sites for hydroxylation is 2. The fourth-order valence-corrected chi connectivity index (χ4v) is 2.79. The van der Waals surface area contributed by atoms with E-state index in [1.165, 1.54) is 11.8 Å². The molecule has 2 aromatic rings. The molecule has 0 aliphatic heterocycles. The number of hydrogen-bond donors (Lipinski definition) is 2. The Morgan fingerprint density at radius 2 is 2.16 bits per heavy atom. The average Bonchev–Trinajstić information content (AvgIpc) is 2.58. The summed E-state index contributed by atoms with van der Waals surface area (Å²) in [5.74, 6) is 0.678. The minimum absolute atomic E-state index is 0.111. The molecule has 0 atom stereocenters. The summed E-state index contributed by atoms with van der Waals surface area (Å²) in [7, 11) is 0. The molecule has 0 saturated carbocycles. The van der Waals surface area contributed by atoms with Crippen LogP contribution >= 0.6 is 11.8 Å². The van der Waals surface area contributed by atoms with Crippen LogP contribution in [0.1, 0.15) is 23.2 Å². The van der Waals surface area contributed by atoms with Gasteiger partial charge >= 0.3 is 0 Å². The van der Waals surface area contributed by atoms with Crippen molar-refractivity contribution in [3.63, 3.8) is 0 Å². The number of hydrogen-bond acceptors (Lipinski definition) is 5. The average molecular weight is 361 g/mol. The highest BCUT2D eigenvalue weighted by atomic mass is 32.2. The van der Waals surface area contributed by atoms with Crippen molar-refractivity contribution in [1.82, 2.24) is 15.3 Å². The topological polar surface area (TPSA) is 84.1 Å². The van der Waals surface area contributed by atoms with Gasteiger partial charge < -0.3 is 15.0 Å². The van der Waals surface area contributed by atoms with Crippen molar-refractivity contribution in [2.24, 2.45) is 0 Å². The number of thioether (sulfide) groups is 1. The number of ether oxygens (including phenoxy) is 1. The van der Waals surface area contributed by atoms with E-state index in [9.17, 15) is 9.59 Å². The zero-order valence-corrected chi connectivity index (χ0v) is 15.5. The van der Waals surface area contributed by atoms with Crippen LogP contribution in [0.15, 0.2) is 34.2 Å². The molecule has 7 heteroatoms. The van der Waals surface area contributed by atoms with Crippen LogP contribution in [0.5, 0.6) is 5.75 Å². The van der Waals surface area contributed by atoms with Gasteiger partial charge in [-0.2, -0.15) is 0 Å². The maximum atomic E-state index is 12.0. The second-order valence-corrected chi connectivity index (χ2v) is 6.45. The summed E-state index contributed by atoms with van der Waals surface area (Å²) in [4.78, 5) is 31.0. The molecule has 0 unspecified atom stereocenters. The van der Waals surface area contributed by atoms with E-state index in [-0.39, 0.29) is 17.9 Å². The molecule has 0 aliphatic rings. The first-order valence-corrected chi connectivity index (χ1v) is 9.32. The van der Waals surface area contributed by atoms with Gasteiger partial charge in [0.2, 0.25) is 5.91 Å². The van der Waals surface area contributed by atoms with E-state index < -0.39 is 0 Å². The van der Waals surface area contributed by atoms with E-state index in [4.69, 9.17) is 4.74 Å². The monoisotopic (exact) mass is 361 g/mol. The van der Waals surface area contributed by atoms with Crippen LogP contribution in [-0.4, -0.2) is 35.3 Å². The summed E-state index contributed by atoms with van der Waals surface area (Å²) in [6.07, 6.45) is 2.46. The van der Waals surface area contributed by atoms with Crippen LogP contribution in [0.3, 0.4) is 0 Å². The molecule has 6 nitrogen and oxygen atoms in total. The van der Waals surface area contributed by atoms with Gasteiger partial charge in [0, 0.05) is 17.7 Å². The van der Waals surface area contributed by atoms with E-state index in [1.807, 2.05) is 37.4 Å². The van der Waals surface area contributed by atoms with Crippen molar-refractivity contribution >= 4 is 17.7 Å². The second-order valence-electron chi connectivity index (χ2n) is 5.65. The largest absolute Gasteiger partial charge is 0.492 e.